The number of aromatic nitrogens is 3. The van der Waals surface area contributed by atoms with E-state index in [4.69, 9.17) is 0 Å². The van der Waals surface area contributed by atoms with Crippen LogP contribution >= 0.6 is 11.3 Å². The molecule has 0 amide bonds. The molecule has 1 aromatic carbocycles. The number of aryl methyl sites for hydroxylation is 2. The summed E-state index contributed by atoms with van der Waals surface area (Å²) in [6, 6.07) is 6.20. The summed E-state index contributed by atoms with van der Waals surface area (Å²) in [5.74, 6) is 0.766. The molecule has 4 heteroatoms. The van der Waals surface area contributed by atoms with Gasteiger partial charge in [0.25, 0.3) is 0 Å². The number of benzene rings is 1. The summed E-state index contributed by atoms with van der Waals surface area (Å²) >= 11 is 1.64. The largest absolute Gasteiger partial charge is 0.241 e. The van der Waals surface area contributed by atoms with Crippen molar-refractivity contribution in [3.05, 3.63) is 52.1 Å². The molecule has 0 saturated carbocycles. The summed E-state index contributed by atoms with van der Waals surface area (Å²) in [4.78, 5) is 13.4. The highest BCUT2D eigenvalue weighted by Gasteiger charge is 2.08. The van der Waals surface area contributed by atoms with Crippen LogP contribution in [0.25, 0.3) is 22.6 Å². The molecule has 0 N–H and O–H groups in total. The third kappa shape index (κ3) is 2.34. The molecule has 2 aromatic heterocycles. The van der Waals surface area contributed by atoms with E-state index >= 15 is 0 Å². The van der Waals surface area contributed by atoms with Gasteiger partial charge in [0, 0.05) is 28.9 Å². The van der Waals surface area contributed by atoms with Crippen LogP contribution in [0, 0.1) is 20.8 Å². The van der Waals surface area contributed by atoms with E-state index < -0.39 is 0 Å². The minimum Gasteiger partial charge on any atom is -0.241 e. The molecule has 0 unspecified atom stereocenters. The molecule has 0 aliphatic heterocycles. The number of nitrogens with zero attached hydrogens (tertiary/aromatic N) is 3. The summed E-state index contributed by atoms with van der Waals surface area (Å²) in [7, 11) is 0. The minimum atomic E-state index is 0.766. The fourth-order valence-corrected chi connectivity index (χ4v) is 2.71. The third-order valence-electron chi connectivity index (χ3n) is 3.41. The lowest BCUT2D eigenvalue weighted by Gasteiger charge is -2.07. The summed E-state index contributed by atoms with van der Waals surface area (Å²) in [6.45, 7) is 6.20. The van der Waals surface area contributed by atoms with Gasteiger partial charge in [-0.2, -0.15) is 0 Å². The zero-order valence-corrected chi connectivity index (χ0v) is 12.5. The molecule has 0 aliphatic rings. The molecule has 0 atom stereocenters. The zero-order chi connectivity index (χ0) is 14.1. The van der Waals surface area contributed by atoms with Crippen LogP contribution in [-0.2, 0) is 0 Å². The summed E-state index contributed by atoms with van der Waals surface area (Å²) in [5, 5.41) is 3.09. The Balaban J connectivity index is 1.99. The Kier molecular flexibility index (Phi) is 3.32. The van der Waals surface area contributed by atoms with Gasteiger partial charge >= 0.3 is 0 Å². The van der Waals surface area contributed by atoms with Crippen LogP contribution in [0.2, 0.25) is 0 Å². The van der Waals surface area contributed by atoms with E-state index in [0.29, 0.717) is 0 Å². The van der Waals surface area contributed by atoms with E-state index in [-0.39, 0.29) is 0 Å². The molecule has 20 heavy (non-hydrogen) atoms. The second-order valence-corrected chi connectivity index (χ2v) is 5.86. The lowest BCUT2D eigenvalue weighted by atomic mass is 10.0. The minimum absolute atomic E-state index is 0.766. The first-order chi connectivity index (χ1) is 9.65. The topological polar surface area (TPSA) is 38.7 Å². The Hall–Kier alpha value is -2.07. The maximum atomic E-state index is 4.49. The van der Waals surface area contributed by atoms with Gasteiger partial charge in [-0.1, -0.05) is 18.2 Å². The molecular formula is C16H15N3S. The van der Waals surface area contributed by atoms with Gasteiger partial charge < -0.3 is 0 Å². The second kappa shape index (κ2) is 5.13. The van der Waals surface area contributed by atoms with E-state index in [1.165, 1.54) is 11.1 Å². The van der Waals surface area contributed by atoms with Crippen molar-refractivity contribution >= 4 is 11.3 Å². The average Bonchev–Trinajstić information content (AvgIpc) is 2.89. The van der Waals surface area contributed by atoms with Gasteiger partial charge in [0.1, 0.15) is 0 Å². The van der Waals surface area contributed by atoms with Crippen molar-refractivity contribution in [1.29, 1.82) is 0 Å². The Morgan fingerprint density at radius 2 is 1.75 bits per heavy atom. The van der Waals surface area contributed by atoms with E-state index in [1.807, 2.05) is 30.8 Å². The van der Waals surface area contributed by atoms with Crippen molar-refractivity contribution in [2.24, 2.45) is 0 Å². The van der Waals surface area contributed by atoms with Crippen molar-refractivity contribution in [1.82, 2.24) is 15.0 Å². The van der Waals surface area contributed by atoms with Crippen LogP contribution in [0.4, 0.5) is 0 Å². The van der Waals surface area contributed by atoms with Crippen molar-refractivity contribution < 1.29 is 0 Å². The Bertz CT molecular complexity index is 745. The van der Waals surface area contributed by atoms with Gasteiger partial charge in [-0.05, 0) is 31.9 Å². The van der Waals surface area contributed by atoms with E-state index in [1.54, 1.807) is 11.3 Å². The fraction of sp³-hybridized carbons (Fsp3) is 0.188. The van der Waals surface area contributed by atoms with Crippen LogP contribution in [-0.4, -0.2) is 15.0 Å². The molecule has 0 aliphatic carbocycles. The first-order valence-corrected chi connectivity index (χ1v) is 7.34. The molecule has 100 valence electrons. The first kappa shape index (κ1) is 12.9. The molecule has 0 saturated heterocycles. The average molecular weight is 281 g/mol. The summed E-state index contributed by atoms with van der Waals surface area (Å²) in [6.07, 6.45) is 3.69. The predicted molar refractivity (Wildman–Crippen MR) is 82.8 cm³/mol. The molecule has 3 rings (SSSR count). The van der Waals surface area contributed by atoms with Crippen molar-refractivity contribution in [3.8, 4) is 22.6 Å². The first-order valence-electron chi connectivity index (χ1n) is 6.46. The van der Waals surface area contributed by atoms with Crippen molar-refractivity contribution in [3.63, 3.8) is 0 Å². The van der Waals surface area contributed by atoms with Crippen LogP contribution in [0.15, 0.2) is 36.0 Å². The summed E-state index contributed by atoms with van der Waals surface area (Å²) in [5.41, 5.74) is 5.48. The lowest BCUT2D eigenvalue weighted by Crippen LogP contribution is -1.93. The van der Waals surface area contributed by atoms with Gasteiger partial charge in [0.15, 0.2) is 5.82 Å². The Labute approximate surface area is 122 Å². The van der Waals surface area contributed by atoms with Gasteiger partial charge in [-0.15, -0.1) is 11.3 Å². The van der Waals surface area contributed by atoms with Gasteiger partial charge in [0.2, 0.25) is 0 Å². The van der Waals surface area contributed by atoms with Gasteiger partial charge in [0.05, 0.1) is 10.7 Å². The highest BCUT2D eigenvalue weighted by atomic mass is 32.1. The van der Waals surface area contributed by atoms with E-state index in [0.717, 1.165) is 27.7 Å². The number of hydrogen-bond donors (Lipinski definition) is 0. The van der Waals surface area contributed by atoms with Crippen LogP contribution in [0.5, 0.6) is 0 Å². The molecule has 2 heterocycles. The standard InChI is InChI=1S/C16H15N3S/c1-10-5-4-6-14(11(10)2)16-17-7-13(8-18-16)15-9-20-12(3)19-15/h4-9H,1-3H3. The smallest absolute Gasteiger partial charge is 0.159 e. The maximum Gasteiger partial charge on any atom is 0.159 e. The fourth-order valence-electron chi connectivity index (χ4n) is 2.09. The molecule has 0 radical (unpaired) electrons. The molecule has 3 aromatic rings. The van der Waals surface area contributed by atoms with Crippen LogP contribution < -0.4 is 0 Å². The normalized spacial score (nSPS) is 10.8. The number of hydrogen-bond acceptors (Lipinski definition) is 4. The lowest BCUT2D eigenvalue weighted by molar-refractivity contribution is 1.15. The number of rotatable bonds is 2. The van der Waals surface area contributed by atoms with Crippen molar-refractivity contribution in [2.45, 2.75) is 20.8 Å². The highest BCUT2D eigenvalue weighted by molar-refractivity contribution is 7.09. The summed E-state index contributed by atoms with van der Waals surface area (Å²) < 4.78 is 0. The predicted octanol–water partition coefficient (Wildman–Crippen LogP) is 4.19. The maximum absolute atomic E-state index is 4.49. The SMILES string of the molecule is Cc1nc(-c2cnc(-c3cccc(C)c3C)nc2)cs1. The second-order valence-electron chi connectivity index (χ2n) is 4.79. The third-order valence-corrected chi connectivity index (χ3v) is 4.19. The molecule has 3 nitrogen and oxygen atoms in total. The molecule has 0 fully saturated rings. The zero-order valence-electron chi connectivity index (χ0n) is 11.7. The van der Waals surface area contributed by atoms with Gasteiger partial charge in [-0.25, -0.2) is 15.0 Å². The Morgan fingerprint density at radius 3 is 2.40 bits per heavy atom. The van der Waals surface area contributed by atoms with E-state index in [9.17, 15) is 0 Å². The molecular weight excluding hydrogens is 266 g/mol. The van der Waals surface area contributed by atoms with Crippen LogP contribution in [0.3, 0.4) is 0 Å². The highest BCUT2D eigenvalue weighted by Crippen LogP contribution is 2.24. The Morgan fingerprint density at radius 1 is 1.00 bits per heavy atom. The van der Waals surface area contributed by atoms with Crippen LogP contribution in [0.1, 0.15) is 16.1 Å². The quantitative estimate of drug-likeness (QED) is 0.707. The van der Waals surface area contributed by atoms with Gasteiger partial charge in [-0.3, -0.25) is 0 Å². The number of thiazole rings is 1. The monoisotopic (exact) mass is 281 g/mol. The molecule has 0 bridgehead atoms. The van der Waals surface area contributed by atoms with E-state index in [2.05, 4.69) is 40.9 Å². The molecule has 0 spiro atoms. The van der Waals surface area contributed by atoms with Crippen molar-refractivity contribution in [2.75, 3.05) is 0 Å².